The monoisotopic (exact) mass is 170 g/mol. The van der Waals surface area contributed by atoms with Crippen molar-refractivity contribution in [1.82, 2.24) is 0 Å². The van der Waals surface area contributed by atoms with Crippen molar-refractivity contribution in [2.24, 2.45) is 0 Å². The van der Waals surface area contributed by atoms with E-state index in [1.807, 2.05) is 0 Å². The summed E-state index contributed by atoms with van der Waals surface area (Å²) in [7, 11) is 0. The van der Waals surface area contributed by atoms with E-state index >= 15 is 0 Å². The topological polar surface area (TPSA) is 0 Å². The van der Waals surface area contributed by atoms with Gasteiger partial charge in [0.15, 0.2) is 0 Å². The molecule has 0 aromatic rings. The maximum atomic E-state index is 5.00. The number of hydrogen-bond acceptors (Lipinski definition) is 0. The highest BCUT2D eigenvalue weighted by atomic mass is 79.9. The molecule has 0 heterocycles. The Kier molecular flexibility index (Phi) is 6.27. The average Bonchev–Trinajstić information content (AvgIpc) is 1.81. The van der Waals surface area contributed by atoms with E-state index in [1.54, 1.807) is 0 Å². The predicted molar refractivity (Wildman–Crippen MR) is 39.4 cm³/mol. The van der Waals surface area contributed by atoms with Gasteiger partial charge >= 0.3 is 0 Å². The van der Waals surface area contributed by atoms with Gasteiger partial charge in [-0.3, -0.25) is 0 Å². The molecule has 0 rings (SSSR count). The number of terminal acetylenes is 1. The fraction of sp³-hybridized carbons (Fsp3) is 0.429. The average molecular weight is 171 g/mol. The van der Waals surface area contributed by atoms with Crippen molar-refractivity contribution in [1.29, 1.82) is 0 Å². The first-order valence-corrected chi connectivity index (χ1v) is 3.23. The molecule has 42 valence electrons. The van der Waals surface area contributed by atoms with E-state index in [-0.39, 0.29) is 0 Å². The van der Waals surface area contributed by atoms with Crippen molar-refractivity contribution in [3.05, 3.63) is 0 Å². The van der Waals surface area contributed by atoms with Crippen molar-refractivity contribution < 1.29 is 0 Å². The lowest BCUT2D eigenvalue weighted by molar-refractivity contribution is 0.905. The first kappa shape index (κ1) is 7.60. The molecule has 0 saturated heterocycles. The third kappa shape index (κ3) is 5.60. The predicted octanol–water partition coefficient (Wildman–Crippen LogP) is 2.15. The quantitative estimate of drug-likeness (QED) is 0.441. The van der Waals surface area contributed by atoms with Crippen LogP contribution in [0.1, 0.15) is 19.3 Å². The molecule has 0 radical (unpaired) electrons. The van der Waals surface area contributed by atoms with E-state index in [0.717, 1.165) is 19.3 Å². The van der Waals surface area contributed by atoms with Crippen LogP contribution in [-0.2, 0) is 0 Å². The molecule has 0 N–H and O–H groups in total. The number of rotatable bonds is 2. The molecule has 8 heavy (non-hydrogen) atoms. The number of halogens is 1. The minimum Gasteiger partial charge on any atom is -0.120 e. The van der Waals surface area contributed by atoms with E-state index < -0.39 is 0 Å². The molecule has 1 heteroatoms. The minimum atomic E-state index is 0.835. The lowest BCUT2D eigenvalue weighted by Gasteiger charge is -1.80. The van der Waals surface area contributed by atoms with Gasteiger partial charge in [-0.2, -0.15) is 0 Å². The second-order valence-electron chi connectivity index (χ2n) is 1.33. The number of hydrogen-bond donors (Lipinski definition) is 0. The third-order valence-corrected chi connectivity index (χ3v) is 0.970. The third-order valence-electron chi connectivity index (χ3n) is 0.690. The maximum absolute atomic E-state index is 5.00. The zero-order valence-electron chi connectivity index (χ0n) is 4.58. The van der Waals surface area contributed by atoms with Crippen LogP contribution in [0.5, 0.6) is 0 Å². The maximum Gasteiger partial charge on any atom is 0.0107 e. The smallest absolute Gasteiger partial charge is 0.0107 e. The van der Waals surface area contributed by atoms with Crippen LogP contribution in [0.3, 0.4) is 0 Å². The Morgan fingerprint density at radius 3 is 2.62 bits per heavy atom. The molecule has 0 aliphatic carbocycles. The van der Waals surface area contributed by atoms with Gasteiger partial charge in [-0.25, -0.2) is 0 Å². The highest BCUT2D eigenvalue weighted by Crippen LogP contribution is 1.90. The largest absolute Gasteiger partial charge is 0.120 e. The molecule has 0 nitrogen and oxygen atoms in total. The molecule has 0 aromatic carbocycles. The van der Waals surface area contributed by atoms with E-state index in [2.05, 4.69) is 32.6 Å². The summed E-state index contributed by atoms with van der Waals surface area (Å²) in [5, 5.41) is 0. The van der Waals surface area contributed by atoms with E-state index in [4.69, 9.17) is 6.42 Å². The molecular formula is C7H7Br. The van der Waals surface area contributed by atoms with Crippen molar-refractivity contribution in [3.8, 4) is 23.1 Å². The van der Waals surface area contributed by atoms with Crippen LogP contribution >= 0.6 is 15.9 Å². The number of unbranched alkanes of at least 4 members (excludes halogenated alkanes) is 2. The van der Waals surface area contributed by atoms with E-state index in [9.17, 15) is 0 Å². The summed E-state index contributed by atoms with van der Waals surface area (Å²) in [6, 6.07) is 0. The molecule has 0 aromatic heterocycles. The summed E-state index contributed by atoms with van der Waals surface area (Å²) in [6.45, 7) is 0. The minimum absolute atomic E-state index is 0.835. The molecule has 0 saturated carbocycles. The summed E-state index contributed by atoms with van der Waals surface area (Å²) in [6.07, 6.45) is 7.74. The Hall–Kier alpha value is -0.400. The van der Waals surface area contributed by atoms with E-state index in [1.165, 1.54) is 0 Å². The Bertz CT molecular complexity index is 131. The van der Waals surface area contributed by atoms with Crippen molar-refractivity contribution >= 4 is 15.9 Å². The molecule has 0 aliphatic heterocycles. The van der Waals surface area contributed by atoms with Crippen molar-refractivity contribution in [2.75, 3.05) is 0 Å². The Morgan fingerprint density at radius 2 is 2.12 bits per heavy atom. The standard InChI is InChI=1S/C7H7Br/c1-2-3-4-5-6-7-8/h1H,3-5H2. The first-order chi connectivity index (χ1) is 3.91. The van der Waals surface area contributed by atoms with E-state index in [0.29, 0.717) is 0 Å². The normalized spacial score (nSPS) is 6.50. The lowest BCUT2D eigenvalue weighted by Crippen LogP contribution is -1.66. The van der Waals surface area contributed by atoms with Gasteiger partial charge in [0.05, 0.1) is 0 Å². The molecule has 0 fully saturated rings. The van der Waals surface area contributed by atoms with Crippen LogP contribution in [0.2, 0.25) is 0 Å². The molecule has 0 amide bonds. The molecule has 0 bridgehead atoms. The van der Waals surface area contributed by atoms with Gasteiger partial charge in [0.2, 0.25) is 0 Å². The molecule has 0 spiro atoms. The van der Waals surface area contributed by atoms with Crippen molar-refractivity contribution in [3.63, 3.8) is 0 Å². The lowest BCUT2D eigenvalue weighted by atomic mass is 10.2. The highest BCUT2D eigenvalue weighted by Gasteiger charge is 1.75. The summed E-state index contributed by atoms with van der Waals surface area (Å²) in [5.41, 5.74) is 0. The van der Waals surface area contributed by atoms with Crippen LogP contribution in [-0.4, -0.2) is 0 Å². The second-order valence-corrected chi connectivity index (χ2v) is 1.73. The van der Waals surface area contributed by atoms with Gasteiger partial charge in [0, 0.05) is 28.8 Å². The van der Waals surface area contributed by atoms with Crippen LogP contribution in [0.4, 0.5) is 0 Å². The van der Waals surface area contributed by atoms with Gasteiger partial charge in [-0.15, -0.1) is 12.3 Å². The van der Waals surface area contributed by atoms with Gasteiger partial charge in [0.1, 0.15) is 0 Å². The summed E-state index contributed by atoms with van der Waals surface area (Å²) >= 11 is 2.99. The van der Waals surface area contributed by atoms with Gasteiger partial charge < -0.3 is 0 Å². The summed E-state index contributed by atoms with van der Waals surface area (Å²) < 4.78 is 0. The van der Waals surface area contributed by atoms with Gasteiger partial charge in [0.25, 0.3) is 0 Å². The molecule has 0 aliphatic rings. The molecule has 0 atom stereocenters. The van der Waals surface area contributed by atoms with Crippen LogP contribution < -0.4 is 0 Å². The Labute approximate surface area is 58.8 Å². The summed E-state index contributed by atoms with van der Waals surface area (Å²) in [4.78, 5) is 2.62. The van der Waals surface area contributed by atoms with Crippen LogP contribution in [0, 0.1) is 23.1 Å². The summed E-state index contributed by atoms with van der Waals surface area (Å²) in [5.74, 6) is 5.40. The Balaban J connectivity index is 2.93. The van der Waals surface area contributed by atoms with Gasteiger partial charge in [-0.05, 0) is 11.3 Å². The first-order valence-electron chi connectivity index (χ1n) is 2.43. The fourth-order valence-electron chi connectivity index (χ4n) is 0.326. The zero-order chi connectivity index (χ0) is 6.24. The second kappa shape index (κ2) is 6.60. The highest BCUT2D eigenvalue weighted by molar-refractivity contribution is 9.12. The zero-order valence-corrected chi connectivity index (χ0v) is 6.16. The molecular weight excluding hydrogens is 164 g/mol. The molecule has 0 unspecified atom stereocenters. The SMILES string of the molecule is C#CCCCC#CBr. The fourth-order valence-corrected chi connectivity index (χ4v) is 0.524. The van der Waals surface area contributed by atoms with Crippen LogP contribution in [0.25, 0.3) is 0 Å². The Morgan fingerprint density at radius 1 is 1.38 bits per heavy atom. The van der Waals surface area contributed by atoms with Gasteiger partial charge in [-0.1, -0.05) is 5.92 Å². The van der Waals surface area contributed by atoms with Crippen LogP contribution in [0.15, 0.2) is 0 Å². The van der Waals surface area contributed by atoms with Crippen molar-refractivity contribution in [2.45, 2.75) is 19.3 Å².